The average Bonchev–Trinajstić information content (AvgIpc) is 2.28. The number of nitrogens with two attached hydrogens (primary N) is 1. The molecule has 0 radical (unpaired) electrons. The lowest BCUT2D eigenvalue weighted by Crippen LogP contribution is -2.10. The van der Waals surface area contributed by atoms with Gasteiger partial charge in [0.05, 0.1) is 19.9 Å². The lowest BCUT2D eigenvalue weighted by Gasteiger charge is -2.10. The molecular formula is C10H10N2O3S. The standard InChI is InChI=1S/C10H10N2O3S/c1-14-8-3-6(10(11)16)7(12-5-13)4-9(8)15-2/h3-4H,1-2H3,(H2,11,16). The van der Waals surface area contributed by atoms with Gasteiger partial charge in [-0.15, -0.1) is 0 Å². The van der Waals surface area contributed by atoms with E-state index in [1.807, 2.05) is 0 Å². The van der Waals surface area contributed by atoms with Gasteiger partial charge in [0, 0.05) is 11.6 Å². The molecule has 0 heterocycles. The van der Waals surface area contributed by atoms with Crippen molar-refractivity contribution >= 4 is 29.0 Å². The minimum absolute atomic E-state index is 0.120. The van der Waals surface area contributed by atoms with Crippen molar-refractivity contribution in [2.45, 2.75) is 0 Å². The largest absolute Gasteiger partial charge is 0.493 e. The Morgan fingerprint density at radius 1 is 1.38 bits per heavy atom. The summed E-state index contributed by atoms with van der Waals surface area (Å²) in [7, 11) is 2.97. The van der Waals surface area contributed by atoms with E-state index in [1.54, 1.807) is 6.07 Å². The lowest BCUT2D eigenvalue weighted by atomic mass is 10.1. The molecular weight excluding hydrogens is 228 g/mol. The highest BCUT2D eigenvalue weighted by Crippen LogP contribution is 2.34. The van der Waals surface area contributed by atoms with Gasteiger partial charge in [-0.3, -0.25) is 0 Å². The van der Waals surface area contributed by atoms with Gasteiger partial charge in [-0.1, -0.05) is 12.2 Å². The van der Waals surface area contributed by atoms with Crippen LogP contribution in [0.5, 0.6) is 11.5 Å². The van der Waals surface area contributed by atoms with E-state index in [0.717, 1.165) is 0 Å². The van der Waals surface area contributed by atoms with Crippen LogP contribution in [0, 0.1) is 0 Å². The molecule has 0 amide bonds. The second-order valence-corrected chi connectivity index (χ2v) is 3.23. The van der Waals surface area contributed by atoms with E-state index >= 15 is 0 Å². The minimum Gasteiger partial charge on any atom is -0.493 e. The maximum atomic E-state index is 10.3. The van der Waals surface area contributed by atoms with Gasteiger partial charge in [-0.05, 0) is 6.07 Å². The van der Waals surface area contributed by atoms with Crippen molar-refractivity contribution in [3.63, 3.8) is 0 Å². The Hall–Kier alpha value is -1.91. The van der Waals surface area contributed by atoms with Crippen molar-refractivity contribution in [3.8, 4) is 11.5 Å². The first kappa shape index (κ1) is 12.2. The van der Waals surface area contributed by atoms with Crippen LogP contribution in [0.2, 0.25) is 0 Å². The molecule has 1 aromatic carbocycles. The molecule has 1 aromatic rings. The zero-order valence-electron chi connectivity index (χ0n) is 8.81. The fraction of sp³-hybridized carbons (Fsp3) is 0.200. The fourth-order valence-electron chi connectivity index (χ4n) is 1.21. The smallest absolute Gasteiger partial charge is 0.240 e. The Morgan fingerprint density at radius 3 is 2.38 bits per heavy atom. The van der Waals surface area contributed by atoms with E-state index in [-0.39, 0.29) is 4.99 Å². The molecule has 0 aliphatic carbocycles. The van der Waals surface area contributed by atoms with Crippen LogP contribution in [0.4, 0.5) is 5.69 Å². The molecule has 1 rings (SSSR count). The van der Waals surface area contributed by atoms with Crippen LogP contribution < -0.4 is 15.2 Å². The van der Waals surface area contributed by atoms with Gasteiger partial charge in [0.25, 0.3) is 0 Å². The first-order chi connectivity index (χ1) is 7.63. The van der Waals surface area contributed by atoms with Gasteiger partial charge in [0.1, 0.15) is 4.99 Å². The van der Waals surface area contributed by atoms with E-state index in [0.29, 0.717) is 22.7 Å². The second-order valence-electron chi connectivity index (χ2n) is 2.79. The van der Waals surface area contributed by atoms with E-state index in [9.17, 15) is 4.79 Å². The molecule has 0 spiro atoms. The fourth-order valence-corrected chi connectivity index (χ4v) is 1.37. The molecule has 0 aliphatic rings. The molecule has 5 nitrogen and oxygen atoms in total. The molecule has 0 saturated heterocycles. The Bertz CT molecular complexity index is 438. The summed E-state index contributed by atoms with van der Waals surface area (Å²) in [6.07, 6.45) is 1.43. The summed E-state index contributed by atoms with van der Waals surface area (Å²) in [5.74, 6) is 0.909. The number of hydrogen-bond donors (Lipinski definition) is 1. The van der Waals surface area contributed by atoms with Crippen LogP contribution in [0.25, 0.3) is 0 Å². The van der Waals surface area contributed by atoms with Crippen molar-refractivity contribution in [1.82, 2.24) is 0 Å². The van der Waals surface area contributed by atoms with Gasteiger partial charge < -0.3 is 15.2 Å². The van der Waals surface area contributed by atoms with Crippen LogP contribution in [0.3, 0.4) is 0 Å². The van der Waals surface area contributed by atoms with Crippen LogP contribution in [-0.2, 0) is 4.79 Å². The first-order valence-corrected chi connectivity index (χ1v) is 4.68. The number of benzene rings is 1. The number of nitrogens with zero attached hydrogens (tertiary/aromatic N) is 1. The van der Waals surface area contributed by atoms with Gasteiger partial charge in [0.2, 0.25) is 6.08 Å². The Morgan fingerprint density at radius 2 is 1.94 bits per heavy atom. The zero-order valence-corrected chi connectivity index (χ0v) is 9.63. The SMILES string of the molecule is COc1cc(N=C=O)c(C(N)=S)cc1OC. The summed E-state index contributed by atoms with van der Waals surface area (Å²) in [5, 5.41) is 0. The molecule has 0 aromatic heterocycles. The molecule has 0 unspecified atom stereocenters. The summed E-state index contributed by atoms with van der Waals surface area (Å²) < 4.78 is 10.1. The van der Waals surface area contributed by atoms with Crippen LogP contribution in [0.1, 0.15) is 5.56 Å². The summed E-state index contributed by atoms with van der Waals surface area (Å²) in [5.41, 5.74) is 6.25. The minimum atomic E-state index is 0.120. The Labute approximate surface area is 97.9 Å². The van der Waals surface area contributed by atoms with E-state index in [4.69, 9.17) is 27.4 Å². The summed E-state index contributed by atoms with van der Waals surface area (Å²) >= 11 is 4.84. The van der Waals surface area contributed by atoms with Crippen LogP contribution in [-0.4, -0.2) is 25.3 Å². The van der Waals surface area contributed by atoms with Crippen molar-refractivity contribution in [3.05, 3.63) is 17.7 Å². The third-order valence-corrected chi connectivity index (χ3v) is 2.15. The Kier molecular flexibility index (Phi) is 3.99. The Balaban J connectivity index is 3.46. The molecule has 84 valence electrons. The van der Waals surface area contributed by atoms with E-state index < -0.39 is 0 Å². The molecule has 0 bridgehead atoms. The average molecular weight is 238 g/mol. The number of hydrogen-bond acceptors (Lipinski definition) is 5. The van der Waals surface area contributed by atoms with Crippen molar-refractivity contribution in [2.24, 2.45) is 10.7 Å². The van der Waals surface area contributed by atoms with Gasteiger partial charge >= 0.3 is 0 Å². The molecule has 16 heavy (non-hydrogen) atoms. The second kappa shape index (κ2) is 5.25. The maximum Gasteiger partial charge on any atom is 0.240 e. The van der Waals surface area contributed by atoms with Gasteiger partial charge in [0.15, 0.2) is 11.5 Å². The highest BCUT2D eigenvalue weighted by molar-refractivity contribution is 7.80. The maximum absolute atomic E-state index is 10.3. The number of methoxy groups -OCH3 is 2. The number of carbonyl (C=O) groups excluding carboxylic acids is 1. The molecule has 0 fully saturated rings. The summed E-state index contributed by atoms with van der Waals surface area (Å²) in [4.78, 5) is 13.9. The van der Waals surface area contributed by atoms with Crippen molar-refractivity contribution in [2.75, 3.05) is 14.2 Å². The van der Waals surface area contributed by atoms with Crippen molar-refractivity contribution < 1.29 is 14.3 Å². The highest BCUT2D eigenvalue weighted by atomic mass is 32.1. The summed E-state index contributed by atoms with van der Waals surface area (Å²) in [6.45, 7) is 0. The normalized spacial score (nSPS) is 9.12. The third-order valence-electron chi connectivity index (χ3n) is 1.93. The van der Waals surface area contributed by atoms with Crippen molar-refractivity contribution in [1.29, 1.82) is 0 Å². The third kappa shape index (κ3) is 2.36. The molecule has 6 heteroatoms. The lowest BCUT2D eigenvalue weighted by molar-refractivity contribution is 0.355. The number of ether oxygens (including phenoxy) is 2. The van der Waals surface area contributed by atoms with Gasteiger partial charge in [-0.25, -0.2) is 4.79 Å². The van der Waals surface area contributed by atoms with Crippen LogP contribution in [0.15, 0.2) is 17.1 Å². The molecule has 0 saturated carbocycles. The molecule has 0 aliphatic heterocycles. The predicted molar refractivity (Wildman–Crippen MR) is 63.2 cm³/mol. The number of isocyanates is 1. The monoisotopic (exact) mass is 238 g/mol. The number of rotatable bonds is 4. The zero-order chi connectivity index (χ0) is 12.1. The molecule has 2 N–H and O–H groups in total. The quantitative estimate of drug-likeness (QED) is 0.486. The number of thiocarbonyl (C=S) groups is 1. The molecule has 0 atom stereocenters. The van der Waals surface area contributed by atoms with Crippen LogP contribution >= 0.6 is 12.2 Å². The predicted octanol–water partition coefficient (Wildman–Crippen LogP) is 1.31. The number of aliphatic imine (C=N–C) groups is 1. The van der Waals surface area contributed by atoms with Gasteiger partial charge in [-0.2, -0.15) is 4.99 Å². The summed E-state index contributed by atoms with van der Waals surface area (Å²) in [6, 6.07) is 3.08. The highest BCUT2D eigenvalue weighted by Gasteiger charge is 2.12. The van der Waals surface area contributed by atoms with E-state index in [1.165, 1.54) is 26.4 Å². The van der Waals surface area contributed by atoms with E-state index in [2.05, 4.69) is 4.99 Å². The first-order valence-electron chi connectivity index (χ1n) is 4.27. The topological polar surface area (TPSA) is 73.9 Å².